The quantitative estimate of drug-likeness (QED) is 0.835. The van der Waals surface area contributed by atoms with Gasteiger partial charge in [-0.25, -0.2) is 14.1 Å². The fraction of sp³-hybridized carbons (Fsp3) is 0.538. The third-order valence-corrected chi connectivity index (χ3v) is 5.40. The van der Waals surface area contributed by atoms with Crippen LogP contribution in [0.4, 0.5) is 0 Å². The van der Waals surface area contributed by atoms with Crippen molar-refractivity contribution in [2.24, 2.45) is 0 Å². The minimum atomic E-state index is -3.14. The van der Waals surface area contributed by atoms with Crippen molar-refractivity contribution in [3.8, 4) is 0 Å². The van der Waals surface area contributed by atoms with Crippen LogP contribution in [0.2, 0.25) is 0 Å². The van der Waals surface area contributed by atoms with Gasteiger partial charge in [-0.1, -0.05) is 23.3 Å². The predicted molar refractivity (Wildman–Crippen MR) is 76.9 cm³/mol. The molecule has 1 aromatic heterocycles. The predicted octanol–water partition coefficient (Wildman–Crippen LogP) is 2.69. The summed E-state index contributed by atoms with van der Waals surface area (Å²) in [6, 6.07) is 3.18. The average Bonchev–Trinajstić information content (AvgIpc) is 2.47. The van der Waals surface area contributed by atoms with Crippen LogP contribution in [0.3, 0.4) is 0 Å². The maximum absolute atomic E-state index is 11.5. The zero-order chi connectivity index (χ0) is 14.8. The summed E-state index contributed by atoms with van der Waals surface area (Å²) in [4.78, 5) is 15.6. The third-order valence-electron chi connectivity index (χ3n) is 3.38. The van der Waals surface area contributed by atoms with E-state index in [-0.39, 0.29) is 10.7 Å². The van der Waals surface area contributed by atoms with Crippen LogP contribution in [0.5, 0.6) is 0 Å². The van der Waals surface area contributed by atoms with Gasteiger partial charge >= 0.3 is 5.97 Å². The highest BCUT2D eigenvalue weighted by atomic mass is 32.3. The van der Waals surface area contributed by atoms with Crippen molar-refractivity contribution in [2.45, 2.75) is 31.2 Å². The Labute approximate surface area is 120 Å². The Morgan fingerprint density at radius 2 is 1.95 bits per heavy atom. The number of esters is 1. The van der Waals surface area contributed by atoms with Crippen LogP contribution in [0.1, 0.15) is 35.3 Å². The number of carbonyl (C=O) groups excluding carboxylic acids is 1. The lowest BCUT2D eigenvalue weighted by atomic mass is 10.2. The van der Waals surface area contributed by atoms with E-state index in [1.807, 2.05) is 0 Å². The summed E-state index contributed by atoms with van der Waals surface area (Å²) in [7, 11) is -1.87. The molecular formula is C13H20N2O4S. The Bertz CT molecular complexity index is 501. The van der Waals surface area contributed by atoms with E-state index in [1.165, 1.54) is 13.2 Å². The van der Waals surface area contributed by atoms with E-state index in [9.17, 15) is 13.9 Å². The first-order valence-electron chi connectivity index (χ1n) is 6.56. The van der Waals surface area contributed by atoms with Gasteiger partial charge in [0.05, 0.1) is 7.11 Å². The Balaban J connectivity index is 2.36. The van der Waals surface area contributed by atoms with E-state index in [2.05, 4.69) is 9.72 Å². The largest absolute Gasteiger partial charge is 0.464 e. The smallest absolute Gasteiger partial charge is 0.356 e. The molecule has 0 saturated carbocycles. The number of rotatable bonds is 3. The summed E-state index contributed by atoms with van der Waals surface area (Å²) in [5.74, 6) is -0.583. The number of piperidine rings is 1. The van der Waals surface area contributed by atoms with Crippen molar-refractivity contribution >= 4 is 16.7 Å². The van der Waals surface area contributed by atoms with Crippen LogP contribution in [0.15, 0.2) is 17.2 Å². The van der Waals surface area contributed by atoms with Crippen molar-refractivity contribution in [3.63, 3.8) is 0 Å². The molecule has 1 aromatic rings. The number of aromatic nitrogens is 1. The van der Waals surface area contributed by atoms with Crippen molar-refractivity contribution in [3.05, 3.63) is 23.4 Å². The summed E-state index contributed by atoms with van der Waals surface area (Å²) in [5, 5.41) is 0.169. The molecule has 2 heterocycles. The van der Waals surface area contributed by atoms with E-state index in [4.69, 9.17) is 0 Å². The molecule has 0 bridgehead atoms. The number of aryl methyl sites for hydroxylation is 1. The molecule has 0 radical (unpaired) electrons. The molecule has 0 unspecified atom stereocenters. The molecule has 2 rings (SSSR count). The van der Waals surface area contributed by atoms with Gasteiger partial charge in [0.2, 0.25) is 0 Å². The second kappa shape index (κ2) is 6.09. The highest BCUT2D eigenvalue weighted by molar-refractivity contribution is 8.22. The number of hydrogen-bond acceptors (Lipinski definition) is 6. The molecule has 2 N–H and O–H groups in total. The number of carbonyl (C=O) groups is 1. The number of methoxy groups -OCH3 is 1. The lowest BCUT2D eigenvalue weighted by molar-refractivity contribution is 0.0593. The molecule has 6 nitrogen and oxygen atoms in total. The van der Waals surface area contributed by atoms with E-state index in [0.29, 0.717) is 18.7 Å². The molecule has 7 heteroatoms. The van der Waals surface area contributed by atoms with Gasteiger partial charge in [0.25, 0.3) is 0 Å². The van der Waals surface area contributed by atoms with E-state index >= 15 is 0 Å². The normalized spacial score (nSPS) is 17.8. The van der Waals surface area contributed by atoms with Gasteiger partial charge < -0.3 is 4.74 Å². The first-order valence-corrected chi connectivity index (χ1v) is 8.06. The van der Waals surface area contributed by atoms with E-state index < -0.39 is 16.7 Å². The fourth-order valence-electron chi connectivity index (χ4n) is 2.25. The monoisotopic (exact) mass is 300 g/mol. The number of pyridine rings is 1. The molecule has 112 valence electrons. The summed E-state index contributed by atoms with van der Waals surface area (Å²) in [6.07, 6.45) is 2.97. The lowest BCUT2D eigenvalue weighted by Gasteiger charge is -2.44. The van der Waals surface area contributed by atoms with Gasteiger partial charge in [-0.15, -0.1) is 0 Å². The SMILES string of the molecule is COC(=O)c1ccc(C)c(S(O)(O)N2CCCCC2)n1. The summed E-state index contributed by atoms with van der Waals surface area (Å²) in [5.41, 5.74) is 0.744. The van der Waals surface area contributed by atoms with Crippen LogP contribution in [-0.2, 0) is 4.74 Å². The van der Waals surface area contributed by atoms with Gasteiger partial charge in [-0.3, -0.25) is 9.11 Å². The molecule has 0 atom stereocenters. The van der Waals surface area contributed by atoms with Crippen molar-refractivity contribution in [1.82, 2.24) is 9.29 Å². The maximum Gasteiger partial charge on any atom is 0.356 e. The van der Waals surface area contributed by atoms with Gasteiger partial charge in [0, 0.05) is 13.1 Å². The summed E-state index contributed by atoms with van der Waals surface area (Å²) < 4.78 is 27.3. The molecule has 1 aliphatic rings. The molecule has 1 saturated heterocycles. The van der Waals surface area contributed by atoms with Crippen LogP contribution in [0.25, 0.3) is 0 Å². The summed E-state index contributed by atoms with van der Waals surface area (Å²) >= 11 is 0. The first kappa shape index (κ1) is 15.2. The maximum atomic E-state index is 11.5. The molecule has 1 fully saturated rings. The minimum absolute atomic E-state index is 0.0880. The zero-order valence-electron chi connectivity index (χ0n) is 11.7. The molecule has 0 aromatic carbocycles. The summed E-state index contributed by atoms with van der Waals surface area (Å²) in [6.45, 7) is 3.01. The van der Waals surface area contributed by atoms with Gasteiger partial charge in [-0.05, 0) is 31.4 Å². The van der Waals surface area contributed by atoms with Gasteiger partial charge in [0.15, 0.2) is 10.7 Å². The fourth-order valence-corrected chi connectivity index (χ4v) is 3.98. The van der Waals surface area contributed by atoms with Crippen LogP contribution in [0, 0.1) is 6.92 Å². The Morgan fingerprint density at radius 3 is 2.55 bits per heavy atom. The Morgan fingerprint density at radius 1 is 1.30 bits per heavy atom. The minimum Gasteiger partial charge on any atom is -0.464 e. The number of nitrogens with zero attached hydrogens (tertiary/aromatic N) is 2. The van der Waals surface area contributed by atoms with E-state index in [1.54, 1.807) is 17.3 Å². The Kier molecular flexibility index (Phi) is 4.64. The molecular weight excluding hydrogens is 280 g/mol. The van der Waals surface area contributed by atoms with Crippen molar-refractivity contribution < 1.29 is 18.6 Å². The van der Waals surface area contributed by atoms with Gasteiger partial charge in [0.1, 0.15) is 0 Å². The highest BCUT2D eigenvalue weighted by Crippen LogP contribution is 2.52. The average molecular weight is 300 g/mol. The molecule has 0 spiro atoms. The highest BCUT2D eigenvalue weighted by Gasteiger charge is 2.30. The topological polar surface area (TPSA) is 82.9 Å². The number of hydrogen-bond donors (Lipinski definition) is 2. The van der Waals surface area contributed by atoms with Crippen molar-refractivity contribution in [1.29, 1.82) is 0 Å². The standard InChI is InChI=1S/C13H20N2O4S/c1-10-6-7-11(13(16)19-2)14-12(10)20(17,18)15-8-4-3-5-9-15/h6-7,17-18H,3-5,8-9H2,1-2H3. The lowest BCUT2D eigenvalue weighted by Crippen LogP contribution is -2.33. The van der Waals surface area contributed by atoms with Crippen LogP contribution >= 0.6 is 10.8 Å². The molecule has 0 aliphatic carbocycles. The van der Waals surface area contributed by atoms with E-state index in [0.717, 1.165) is 19.3 Å². The van der Waals surface area contributed by atoms with Crippen LogP contribution < -0.4 is 0 Å². The second-order valence-corrected chi connectivity index (χ2v) is 6.76. The molecule has 0 amide bonds. The zero-order valence-corrected chi connectivity index (χ0v) is 12.5. The first-order chi connectivity index (χ1) is 9.46. The molecule has 1 aliphatic heterocycles. The molecule has 20 heavy (non-hydrogen) atoms. The number of ether oxygens (including phenoxy) is 1. The van der Waals surface area contributed by atoms with Gasteiger partial charge in [-0.2, -0.15) is 0 Å². The third kappa shape index (κ3) is 2.95. The second-order valence-electron chi connectivity index (χ2n) is 4.82. The Hall–Kier alpha value is -1.15. The van der Waals surface area contributed by atoms with Crippen molar-refractivity contribution in [2.75, 3.05) is 20.2 Å². The van der Waals surface area contributed by atoms with Crippen LogP contribution in [-0.4, -0.2) is 44.6 Å².